The van der Waals surface area contributed by atoms with E-state index in [1.807, 2.05) is 75.4 Å². The Labute approximate surface area is 208 Å². The van der Waals surface area contributed by atoms with E-state index in [0.717, 1.165) is 42.4 Å². The van der Waals surface area contributed by atoms with Crippen LogP contribution in [0, 0.1) is 5.41 Å². The second kappa shape index (κ2) is 11.9. The van der Waals surface area contributed by atoms with Gasteiger partial charge in [-0.1, -0.05) is 94.6 Å². The highest BCUT2D eigenvalue weighted by molar-refractivity contribution is 5.92. The van der Waals surface area contributed by atoms with Crippen LogP contribution >= 0.6 is 0 Å². The predicted octanol–water partition coefficient (Wildman–Crippen LogP) is 3.91. The molecule has 1 fully saturated rings. The van der Waals surface area contributed by atoms with Crippen molar-refractivity contribution < 1.29 is 14.4 Å². The fourth-order valence-corrected chi connectivity index (χ4v) is 4.46. The number of primary amides is 1. The Balaban J connectivity index is 1.64. The Morgan fingerprint density at radius 3 is 2.06 bits per heavy atom. The largest absolute Gasteiger partial charge is 0.368 e. The van der Waals surface area contributed by atoms with Gasteiger partial charge < -0.3 is 21.7 Å². The molecule has 35 heavy (non-hydrogen) atoms. The SMILES string of the molecule is CC(C)(C)[C@H](NC(=O)NC1CCCCC1)C(=O)N[C@@H](Cc1ccc(-c2ccccc2)cc1)C(N)=O. The van der Waals surface area contributed by atoms with Crippen LogP contribution in [0.4, 0.5) is 4.79 Å². The number of hydrogen-bond donors (Lipinski definition) is 4. The fraction of sp³-hybridized carbons (Fsp3) is 0.464. The average molecular weight is 479 g/mol. The zero-order valence-corrected chi connectivity index (χ0v) is 21.0. The molecule has 0 unspecified atom stereocenters. The number of benzene rings is 2. The van der Waals surface area contributed by atoms with E-state index in [4.69, 9.17) is 5.73 Å². The van der Waals surface area contributed by atoms with E-state index in [-0.39, 0.29) is 18.5 Å². The Bertz CT molecular complexity index is 993. The second-order valence-electron chi connectivity index (χ2n) is 10.5. The monoisotopic (exact) mass is 478 g/mol. The van der Waals surface area contributed by atoms with Gasteiger partial charge in [0.15, 0.2) is 0 Å². The minimum absolute atomic E-state index is 0.129. The van der Waals surface area contributed by atoms with Crippen LogP contribution in [0.2, 0.25) is 0 Å². The van der Waals surface area contributed by atoms with Crippen molar-refractivity contribution in [2.24, 2.45) is 11.1 Å². The van der Waals surface area contributed by atoms with Gasteiger partial charge in [-0.2, -0.15) is 0 Å². The molecule has 0 heterocycles. The number of urea groups is 1. The third kappa shape index (κ3) is 7.84. The Morgan fingerprint density at radius 1 is 0.886 bits per heavy atom. The van der Waals surface area contributed by atoms with Gasteiger partial charge in [0.1, 0.15) is 12.1 Å². The van der Waals surface area contributed by atoms with Crippen LogP contribution in [-0.2, 0) is 16.0 Å². The summed E-state index contributed by atoms with van der Waals surface area (Å²) in [4.78, 5) is 38.0. The van der Waals surface area contributed by atoms with Crippen molar-refractivity contribution in [3.05, 3.63) is 60.2 Å². The van der Waals surface area contributed by atoms with E-state index >= 15 is 0 Å². The summed E-state index contributed by atoms with van der Waals surface area (Å²) in [5, 5.41) is 8.58. The van der Waals surface area contributed by atoms with Gasteiger partial charge in [0, 0.05) is 12.5 Å². The molecule has 1 aliphatic carbocycles. The zero-order chi connectivity index (χ0) is 25.4. The molecule has 3 rings (SSSR count). The maximum absolute atomic E-state index is 13.2. The van der Waals surface area contributed by atoms with Gasteiger partial charge >= 0.3 is 6.03 Å². The summed E-state index contributed by atoms with van der Waals surface area (Å²) in [5.41, 5.74) is 8.12. The first kappa shape index (κ1) is 26.3. The van der Waals surface area contributed by atoms with Gasteiger partial charge in [-0.15, -0.1) is 0 Å². The van der Waals surface area contributed by atoms with Crippen LogP contribution in [0.25, 0.3) is 11.1 Å². The second-order valence-corrected chi connectivity index (χ2v) is 10.5. The van der Waals surface area contributed by atoms with Crippen molar-refractivity contribution in [2.75, 3.05) is 0 Å². The van der Waals surface area contributed by atoms with Gasteiger partial charge in [0.2, 0.25) is 11.8 Å². The molecule has 1 saturated carbocycles. The first-order valence-electron chi connectivity index (χ1n) is 12.4. The molecule has 5 N–H and O–H groups in total. The van der Waals surface area contributed by atoms with Crippen molar-refractivity contribution in [3.8, 4) is 11.1 Å². The smallest absolute Gasteiger partial charge is 0.315 e. The molecular weight excluding hydrogens is 440 g/mol. The third-order valence-electron chi connectivity index (χ3n) is 6.50. The summed E-state index contributed by atoms with van der Waals surface area (Å²) in [6.07, 6.45) is 5.55. The van der Waals surface area contributed by atoms with Gasteiger partial charge in [-0.25, -0.2) is 4.79 Å². The third-order valence-corrected chi connectivity index (χ3v) is 6.50. The number of nitrogens with one attached hydrogen (secondary N) is 3. The van der Waals surface area contributed by atoms with E-state index in [1.165, 1.54) is 6.42 Å². The fourth-order valence-electron chi connectivity index (χ4n) is 4.46. The lowest BCUT2D eigenvalue weighted by molar-refractivity contribution is -0.130. The highest BCUT2D eigenvalue weighted by atomic mass is 16.2. The molecule has 0 radical (unpaired) electrons. The van der Waals surface area contributed by atoms with E-state index in [9.17, 15) is 14.4 Å². The van der Waals surface area contributed by atoms with Crippen LogP contribution in [-0.4, -0.2) is 36.0 Å². The highest BCUT2D eigenvalue weighted by Crippen LogP contribution is 2.22. The van der Waals surface area contributed by atoms with E-state index < -0.39 is 29.3 Å². The van der Waals surface area contributed by atoms with Crippen molar-refractivity contribution in [2.45, 2.75) is 77.4 Å². The van der Waals surface area contributed by atoms with Gasteiger partial charge in [-0.3, -0.25) is 9.59 Å². The number of amides is 4. The Hall–Kier alpha value is -3.35. The predicted molar refractivity (Wildman–Crippen MR) is 138 cm³/mol. The number of hydrogen-bond acceptors (Lipinski definition) is 3. The van der Waals surface area contributed by atoms with E-state index in [1.54, 1.807) is 0 Å². The van der Waals surface area contributed by atoms with E-state index in [2.05, 4.69) is 16.0 Å². The van der Waals surface area contributed by atoms with Crippen molar-refractivity contribution >= 4 is 17.8 Å². The summed E-state index contributed by atoms with van der Waals surface area (Å²) in [7, 11) is 0. The van der Waals surface area contributed by atoms with Crippen molar-refractivity contribution in [1.82, 2.24) is 16.0 Å². The van der Waals surface area contributed by atoms with Gasteiger partial charge in [-0.05, 0) is 34.9 Å². The molecule has 7 nitrogen and oxygen atoms in total. The molecule has 2 aromatic rings. The van der Waals surface area contributed by atoms with Crippen molar-refractivity contribution in [1.29, 1.82) is 0 Å². The van der Waals surface area contributed by atoms with Crippen LogP contribution < -0.4 is 21.7 Å². The first-order chi connectivity index (χ1) is 16.6. The van der Waals surface area contributed by atoms with Crippen LogP contribution in [0.1, 0.15) is 58.4 Å². The highest BCUT2D eigenvalue weighted by Gasteiger charge is 2.35. The first-order valence-corrected chi connectivity index (χ1v) is 12.4. The minimum Gasteiger partial charge on any atom is -0.368 e. The van der Waals surface area contributed by atoms with Crippen molar-refractivity contribution in [3.63, 3.8) is 0 Å². The molecule has 2 atom stereocenters. The summed E-state index contributed by atoms with van der Waals surface area (Å²) in [6.45, 7) is 5.62. The molecule has 1 aliphatic rings. The van der Waals surface area contributed by atoms with Gasteiger partial charge in [0.05, 0.1) is 0 Å². The van der Waals surface area contributed by atoms with Crippen LogP contribution in [0.15, 0.2) is 54.6 Å². The summed E-state index contributed by atoms with van der Waals surface area (Å²) >= 11 is 0. The van der Waals surface area contributed by atoms with E-state index in [0.29, 0.717) is 0 Å². The number of rotatable bonds is 8. The van der Waals surface area contributed by atoms with Crippen LogP contribution in [0.5, 0.6) is 0 Å². The molecule has 188 valence electrons. The standard InChI is InChI=1S/C28H38N4O3/c1-28(2,3)24(32-27(35)30-22-12-8-5-9-13-22)26(34)31-23(25(29)33)18-19-14-16-21(17-15-19)20-10-6-4-7-11-20/h4,6-7,10-11,14-17,22-24H,5,8-9,12-13,18H2,1-3H3,(H2,29,33)(H,31,34)(H2,30,32,35)/t23-,24+/m0/s1. The number of nitrogens with two attached hydrogens (primary N) is 1. The summed E-state index contributed by atoms with van der Waals surface area (Å²) in [6, 6.07) is 15.9. The molecule has 2 aromatic carbocycles. The number of carbonyl (C=O) groups excluding carboxylic acids is 3. The molecule has 7 heteroatoms. The molecule has 0 saturated heterocycles. The Kier molecular flexibility index (Phi) is 8.90. The lowest BCUT2D eigenvalue weighted by Gasteiger charge is -2.32. The maximum Gasteiger partial charge on any atom is 0.315 e. The quantitative estimate of drug-likeness (QED) is 0.461. The zero-order valence-electron chi connectivity index (χ0n) is 21.0. The molecule has 4 amide bonds. The lowest BCUT2D eigenvalue weighted by Crippen LogP contribution is -2.59. The maximum atomic E-state index is 13.2. The molecular formula is C28H38N4O3. The summed E-state index contributed by atoms with van der Waals surface area (Å²) in [5.74, 6) is -1.05. The van der Waals surface area contributed by atoms with Gasteiger partial charge in [0.25, 0.3) is 0 Å². The molecule has 0 bridgehead atoms. The summed E-state index contributed by atoms with van der Waals surface area (Å²) < 4.78 is 0. The van der Waals surface area contributed by atoms with Crippen LogP contribution in [0.3, 0.4) is 0 Å². The Morgan fingerprint density at radius 2 is 1.49 bits per heavy atom. The number of carbonyl (C=O) groups is 3. The lowest BCUT2D eigenvalue weighted by atomic mass is 9.86. The average Bonchev–Trinajstić information content (AvgIpc) is 2.83. The molecule has 0 aromatic heterocycles. The minimum atomic E-state index is -0.891. The molecule has 0 aliphatic heterocycles. The normalized spacial score (nSPS) is 16.1. The molecule has 0 spiro atoms. The topological polar surface area (TPSA) is 113 Å².